The van der Waals surface area contributed by atoms with E-state index in [2.05, 4.69) is 0 Å². The van der Waals surface area contributed by atoms with Crippen molar-refractivity contribution in [3.05, 3.63) is 69.2 Å². The normalized spacial score (nSPS) is 10.9. The Morgan fingerprint density at radius 1 is 1.05 bits per heavy atom. The van der Waals surface area contributed by atoms with Crippen molar-refractivity contribution in [3.8, 4) is 0 Å². The maximum atomic E-state index is 13.8. The Balaban J connectivity index is 2.20. The van der Waals surface area contributed by atoms with Crippen molar-refractivity contribution in [1.82, 2.24) is 0 Å². The first kappa shape index (κ1) is 13.0. The van der Waals surface area contributed by atoms with Crippen molar-refractivity contribution >= 4 is 27.9 Å². The molecule has 0 saturated carbocycles. The molecule has 0 saturated heterocycles. The minimum Gasteiger partial charge on any atom is -0.288 e. The van der Waals surface area contributed by atoms with Crippen molar-refractivity contribution in [2.45, 2.75) is 13.8 Å². The largest absolute Gasteiger partial charge is 0.288 e. The summed E-state index contributed by atoms with van der Waals surface area (Å²) in [4.78, 5) is 14.5. The minimum absolute atomic E-state index is 0.0394. The van der Waals surface area contributed by atoms with E-state index >= 15 is 0 Å². The molecule has 0 aliphatic rings. The van der Waals surface area contributed by atoms with Gasteiger partial charge in [-0.15, -0.1) is 11.3 Å². The molecule has 2 aromatic carbocycles. The Kier molecular flexibility index (Phi) is 3.14. The quantitative estimate of drug-likeness (QED) is 0.612. The molecular weight excluding hydrogens is 271 g/mol. The molecule has 0 bridgehead atoms. The van der Waals surface area contributed by atoms with Crippen LogP contribution in [-0.4, -0.2) is 5.78 Å². The van der Waals surface area contributed by atoms with Gasteiger partial charge in [0.15, 0.2) is 0 Å². The Hall–Kier alpha value is -2.00. The molecule has 1 nitrogen and oxygen atoms in total. The maximum absolute atomic E-state index is 13.8. The Morgan fingerprint density at radius 3 is 2.40 bits per heavy atom. The van der Waals surface area contributed by atoms with Crippen LogP contribution >= 0.6 is 11.3 Å². The number of thiophene rings is 1. The van der Waals surface area contributed by atoms with Gasteiger partial charge in [-0.1, -0.05) is 24.3 Å². The van der Waals surface area contributed by atoms with Gasteiger partial charge in [0, 0.05) is 15.8 Å². The van der Waals surface area contributed by atoms with Gasteiger partial charge in [-0.05, 0) is 43.0 Å². The third kappa shape index (κ3) is 2.04. The highest BCUT2D eigenvalue weighted by Crippen LogP contribution is 2.28. The molecule has 0 spiro atoms. The highest BCUT2D eigenvalue weighted by Gasteiger charge is 2.16. The molecule has 1 aromatic heterocycles. The number of rotatable bonds is 2. The molecule has 0 radical (unpaired) electrons. The molecule has 3 heteroatoms. The fourth-order valence-corrected chi connectivity index (χ4v) is 3.27. The van der Waals surface area contributed by atoms with E-state index in [1.165, 1.54) is 17.4 Å². The fraction of sp³-hybridized carbons (Fsp3) is 0.118. The minimum atomic E-state index is -0.296. The first-order valence-electron chi connectivity index (χ1n) is 6.37. The third-order valence-corrected chi connectivity index (χ3v) is 4.66. The summed E-state index contributed by atoms with van der Waals surface area (Å²) in [5.74, 6) is -0.335. The first-order valence-corrected chi connectivity index (χ1v) is 7.18. The molecule has 1 heterocycles. The van der Waals surface area contributed by atoms with Gasteiger partial charge in [0.1, 0.15) is 5.82 Å². The zero-order valence-electron chi connectivity index (χ0n) is 11.2. The fourth-order valence-electron chi connectivity index (χ4n) is 2.28. The van der Waals surface area contributed by atoms with Crippen molar-refractivity contribution < 1.29 is 9.18 Å². The van der Waals surface area contributed by atoms with Gasteiger partial charge in [-0.2, -0.15) is 0 Å². The Labute approximate surface area is 120 Å². The molecule has 0 unspecified atom stereocenters. The van der Waals surface area contributed by atoms with Crippen LogP contribution in [0.2, 0.25) is 0 Å². The van der Waals surface area contributed by atoms with Crippen molar-refractivity contribution in [2.75, 3.05) is 0 Å². The van der Waals surface area contributed by atoms with Crippen molar-refractivity contribution in [3.63, 3.8) is 0 Å². The maximum Gasteiger partial charge on any atom is 0.203 e. The highest BCUT2D eigenvalue weighted by molar-refractivity contribution is 7.14. The lowest BCUT2D eigenvalue weighted by molar-refractivity contribution is 0.104. The molecule has 20 heavy (non-hydrogen) atoms. The second kappa shape index (κ2) is 4.84. The molecule has 100 valence electrons. The molecular formula is C17H13FOS. The number of fused-ring (bicyclic) bond motifs is 1. The van der Waals surface area contributed by atoms with Gasteiger partial charge < -0.3 is 0 Å². The van der Waals surface area contributed by atoms with Crippen molar-refractivity contribution in [1.29, 1.82) is 0 Å². The number of halogens is 1. The molecule has 0 fully saturated rings. The van der Waals surface area contributed by atoms with E-state index in [1.54, 1.807) is 24.3 Å². The summed E-state index contributed by atoms with van der Waals surface area (Å²) >= 11 is 1.49. The van der Waals surface area contributed by atoms with E-state index in [1.807, 2.05) is 26.0 Å². The first-order chi connectivity index (χ1) is 9.58. The lowest BCUT2D eigenvalue weighted by Gasteiger charge is -2.05. The molecule has 0 aliphatic carbocycles. The van der Waals surface area contributed by atoms with Crippen LogP contribution in [0.1, 0.15) is 25.7 Å². The molecule has 0 amide bonds. The number of ketones is 1. The number of carbonyl (C=O) groups is 1. The molecule has 3 aromatic rings. The summed E-state index contributed by atoms with van der Waals surface area (Å²) in [6.45, 7) is 3.99. The monoisotopic (exact) mass is 284 g/mol. The summed E-state index contributed by atoms with van der Waals surface area (Å²) in [7, 11) is 0. The average molecular weight is 284 g/mol. The van der Waals surface area contributed by atoms with Gasteiger partial charge >= 0.3 is 0 Å². The smallest absolute Gasteiger partial charge is 0.203 e. The van der Waals surface area contributed by atoms with Crippen LogP contribution in [0.15, 0.2) is 42.5 Å². The van der Waals surface area contributed by atoms with Crippen LogP contribution < -0.4 is 0 Å². The summed E-state index contributed by atoms with van der Waals surface area (Å²) in [6.07, 6.45) is 0. The van der Waals surface area contributed by atoms with E-state index in [0.717, 1.165) is 10.4 Å². The lowest BCUT2D eigenvalue weighted by Crippen LogP contribution is -2.00. The van der Waals surface area contributed by atoms with Crippen LogP contribution in [0.25, 0.3) is 10.8 Å². The highest BCUT2D eigenvalue weighted by atomic mass is 32.1. The second-order valence-electron chi connectivity index (χ2n) is 4.82. The third-order valence-electron chi connectivity index (χ3n) is 3.51. The van der Waals surface area contributed by atoms with E-state index in [0.29, 0.717) is 21.2 Å². The Bertz CT molecular complexity index is 797. The number of benzene rings is 2. The SMILES string of the molecule is Cc1cc(C(=O)c2ccc(F)c3ccccc23)sc1C. The van der Waals surface area contributed by atoms with Gasteiger partial charge in [0.05, 0.1) is 4.88 Å². The van der Waals surface area contributed by atoms with Gasteiger partial charge in [-0.25, -0.2) is 4.39 Å². The second-order valence-corrected chi connectivity index (χ2v) is 6.08. The summed E-state index contributed by atoms with van der Waals surface area (Å²) in [5, 5.41) is 1.16. The van der Waals surface area contributed by atoms with Gasteiger partial charge in [-0.3, -0.25) is 4.79 Å². The van der Waals surface area contributed by atoms with E-state index in [-0.39, 0.29) is 11.6 Å². The van der Waals surface area contributed by atoms with Gasteiger partial charge in [0.2, 0.25) is 5.78 Å². The van der Waals surface area contributed by atoms with Crippen LogP contribution in [0.4, 0.5) is 4.39 Å². The molecule has 3 rings (SSSR count). The predicted molar refractivity (Wildman–Crippen MR) is 81.1 cm³/mol. The van der Waals surface area contributed by atoms with E-state index in [9.17, 15) is 9.18 Å². The standard InChI is InChI=1S/C17H13FOS/c1-10-9-16(20-11(10)2)17(19)14-7-8-15(18)13-6-4-3-5-12(13)14/h3-9H,1-2H3. The topological polar surface area (TPSA) is 17.1 Å². The summed E-state index contributed by atoms with van der Waals surface area (Å²) in [6, 6.07) is 11.9. The van der Waals surface area contributed by atoms with E-state index in [4.69, 9.17) is 0 Å². The van der Waals surface area contributed by atoms with Crippen LogP contribution in [0.3, 0.4) is 0 Å². The molecule has 0 N–H and O–H groups in total. The van der Waals surface area contributed by atoms with Crippen LogP contribution in [0, 0.1) is 19.7 Å². The summed E-state index contributed by atoms with van der Waals surface area (Å²) < 4.78 is 13.8. The number of hydrogen-bond acceptors (Lipinski definition) is 2. The lowest BCUT2D eigenvalue weighted by atomic mass is 10.00. The molecule has 0 aliphatic heterocycles. The van der Waals surface area contributed by atoms with Crippen LogP contribution in [0.5, 0.6) is 0 Å². The van der Waals surface area contributed by atoms with Gasteiger partial charge in [0.25, 0.3) is 0 Å². The zero-order chi connectivity index (χ0) is 14.3. The predicted octanol–water partition coefficient (Wildman–Crippen LogP) is 4.89. The average Bonchev–Trinajstić information content (AvgIpc) is 2.79. The Morgan fingerprint density at radius 2 is 1.75 bits per heavy atom. The van der Waals surface area contributed by atoms with E-state index < -0.39 is 0 Å². The molecule has 0 atom stereocenters. The number of aryl methyl sites for hydroxylation is 2. The summed E-state index contributed by atoms with van der Waals surface area (Å²) in [5.41, 5.74) is 1.67. The number of carbonyl (C=O) groups excluding carboxylic acids is 1. The van der Waals surface area contributed by atoms with Crippen LogP contribution in [-0.2, 0) is 0 Å². The number of hydrogen-bond donors (Lipinski definition) is 0. The van der Waals surface area contributed by atoms with Crippen molar-refractivity contribution in [2.24, 2.45) is 0 Å². The zero-order valence-corrected chi connectivity index (χ0v) is 12.1.